The highest BCUT2D eigenvalue weighted by atomic mass is 32.2. The molecule has 0 aliphatic rings. The number of hydrogen-bond acceptors (Lipinski definition) is 4. The predicted molar refractivity (Wildman–Crippen MR) is 66.5 cm³/mol. The zero-order valence-electron chi connectivity index (χ0n) is 10.1. The number of amides is 1. The Morgan fingerprint density at radius 3 is 2.70 bits per heavy atom. The Hall–Kier alpha value is -1.77. The van der Waals surface area contributed by atoms with Crippen LogP contribution in [0, 0.1) is 0 Å². The van der Waals surface area contributed by atoms with Crippen LogP contribution in [0.2, 0.25) is 0 Å². The van der Waals surface area contributed by atoms with E-state index in [9.17, 15) is 22.8 Å². The molecule has 0 unspecified atom stereocenters. The summed E-state index contributed by atoms with van der Waals surface area (Å²) in [5.74, 6) is -1.78. The van der Waals surface area contributed by atoms with Crippen molar-refractivity contribution < 1.29 is 27.9 Å². The predicted octanol–water partition coefficient (Wildman–Crippen LogP) is 1.65. The van der Waals surface area contributed by atoms with Crippen LogP contribution in [-0.2, 0) is 11.0 Å². The molecule has 0 aromatic carbocycles. The van der Waals surface area contributed by atoms with Gasteiger partial charge in [-0.25, -0.2) is 0 Å². The third-order valence-corrected chi connectivity index (χ3v) is 3.03. The van der Waals surface area contributed by atoms with Crippen LogP contribution in [0.3, 0.4) is 0 Å². The minimum Gasteiger partial charge on any atom is -0.481 e. The topological polar surface area (TPSA) is 79.3 Å². The molecule has 0 aliphatic heterocycles. The number of halogens is 3. The fourth-order valence-corrected chi connectivity index (χ4v) is 1.86. The van der Waals surface area contributed by atoms with Crippen LogP contribution in [0.25, 0.3) is 0 Å². The summed E-state index contributed by atoms with van der Waals surface area (Å²) in [4.78, 5) is 25.3. The molecule has 9 heteroatoms. The van der Waals surface area contributed by atoms with E-state index in [4.69, 9.17) is 5.11 Å². The van der Waals surface area contributed by atoms with Gasteiger partial charge in [0.05, 0.1) is 11.3 Å². The van der Waals surface area contributed by atoms with Gasteiger partial charge in [0.1, 0.15) is 5.69 Å². The summed E-state index contributed by atoms with van der Waals surface area (Å²) in [6.07, 6.45) is -3.55. The van der Waals surface area contributed by atoms with Gasteiger partial charge in [0.15, 0.2) is 0 Å². The number of pyridine rings is 1. The Labute approximate surface area is 116 Å². The maximum atomic E-state index is 12.7. The van der Waals surface area contributed by atoms with Gasteiger partial charge in [0.2, 0.25) is 0 Å². The molecule has 5 nitrogen and oxygen atoms in total. The number of aromatic nitrogens is 1. The van der Waals surface area contributed by atoms with Gasteiger partial charge in [-0.15, -0.1) is 11.8 Å². The molecule has 0 bridgehead atoms. The second-order valence-electron chi connectivity index (χ2n) is 3.60. The summed E-state index contributed by atoms with van der Waals surface area (Å²) < 4.78 is 38.0. The minimum absolute atomic E-state index is 0.0602. The lowest BCUT2D eigenvalue weighted by Crippen LogP contribution is -2.29. The number of alkyl halides is 3. The summed E-state index contributed by atoms with van der Waals surface area (Å²) in [5, 5.41) is 10.7. The largest absolute Gasteiger partial charge is 0.481 e. The number of carboxylic acid groups (broad SMARTS) is 1. The molecule has 0 spiro atoms. The van der Waals surface area contributed by atoms with E-state index in [0.717, 1.165) is 30.1 Å². The van der Waals surface area contributed by atoms with Crippen molar-refractivity contribution in [2.24, 2.45) is 0 Å². The van der Waals surface area contributed by atoms with Gasteiger partial charge in [-0.3, -0.25) is 14.6 Å². The Morgan fingerprint density at radius 2 is 2.10 bits per heavy atom. The van der Waals surface area contributed by atoms with Crippen LogP contribution in [-0.4, -0.2) is 40.0 Å². The van der Waals surface area contributed by atoms with Crippen LogP contribution >= 0.6 is 11.8 Å². The molecular formula is C11H11F3N2O3S. The average molecular weight is 308 g/mol. The van der Waals surface area contributed by atoms with Crippen molar-refractivity contribution in [2.45, 2.75) is 6.18 Å². The Bertz CT molecular complexity index is 494. The third-order valence-electron chi connectivity index (χ3n) is 2.09. The quantitative estimate of drug-likeness (QED) is 0.781. The van der Waals surface area contributed by atoms with E-state index in [1.165, 1.54) is 0 Å². The van der Waals surface area contributed by atoms with Gasteiger partial charge in [-0.05, 0) is 12.1 Å². The molecule has 0 atom stereocenters. The summed E-state index contributed by atoms with van der Waals surface area (Å²) >= 11 is 1.05. The summed E-state index contributed by atoms with van der Waals surface area (Å²) in [7, 11) is 0. The van der Waals surface area contributed by atoms with E-state index in [2.05, 4.69) is 10.3 Å². The molecular weight excluding hydrogens is 297 g/mol. The lowest BCUT2D eigenvalue weighted by atomic mass is 10.2. The van der Waals surface area contributed by atoms with E-state index >= 15 is 0 Å². The molecule has 0 fully saturated rings. The highest BCUT2D eigenvalue weighted by Gasteiger charge is 2.35. The zero-order chi connectivity index (χ0) is 15.2. The normalized spacial score (nSPS) is 11.2. The number of aliphatic carboxylic acids is 1. The number of hydrogen-bond donors (Lipinski definition) is 2. The molecule has 2 N–H and O–H groups in total. The first-order chi connectivity index (χ1) is 9.32. The second-order valence-corrected chi connectivity index (χ2v) is 4.70. The molecule has 1 rings (SSSR count). The highest BCUT2D eigenvalue weighted by Crippen LogP contribution is 2.30. The standard InChI is InChI=1S/C11H11F3N2O3S/c12-11(13,14)7-2-1-3-15-9(7)10(19)16-4-5-20-6-8(17)18/h1-3H,4-6H2,(H,16,19)(H,17,18). The number of nitrogens with one attached hydrogen (secondary N) is 1. The maximum absolute atomic E-state index is 12.7. The number of nitrogens with zero attached hydrogens (tertiary/aromatic N) is 1. The van der Waals surface area contributed by atoms with E-state index in [-0.39, 0.29) is 18.1 Å². The van der Waals surface area contributed by atoms with Crippen molar-refractivity contribution in [1.29, 1.82) is 0 Å². The first-order valence-electron chi connectivity index (χ1n) is 5.42. The van der Waals surface area contributed by atoms with Crippen LogP contribution in [0.15, 0.2) is 18.3 Å². The van der Waals surface area contributed by atoms with Crippen LogP contribution in [0.4, 0.5) is 13.2 Å². The van der Waals surface area contributed by atoms with Gasteiger partial charge < -0.3 is 10.4 Å². The molecule has 20 heavy (non-hydrogen) atoms. The van der Waals surface area contributed by atoms with Crippen LogP contribution in [0.1, 0.15) is 16.1 Å². The van der Waals surface area contributed by atoms with Gasteiger partial charge in [-0.2, -0.15) is 13.2 Å². The second kappa shape index (κ2) is 7.13. The molecule has 1 aromatic rings. The smallest absolute Gasteiger partial charge is 0.418 e. The van der Waals surface area contributed by atoms with E-state index in [1.54, 1.807) is 0 Å². The molecule has 0 radical (unpaired) electrons. The lowest BCUT2D eigenvalue weighted by Gasteiger charge is -2.11. The third kappa shape index (κ3) is 5.08. The molecule has 1 amide bonds. The summed E-state index contributed by atoms with van der Waals surface area (Å²) in [6.45, 7) is 0.0602. The summed E-state index contributed by atoms with van der Waals surface area (Å²) in [6, 6.07) is 1.88. The van der Waals surface area contributed by atoms with Gasteiger partial charge in [-0.1, -0.05) is 0 Å². The first kappa shape index (κ1) is 16.3. The number of thioether (sulfide) groups is 1. The van der Waals surface area contributed by atoms with Crippen LogP contribution < -0.4 is 5.32 Å². The number of carbonyl (C=O) groups is 2. The number of carbonyl (C=O) groups excluding carboxylic acids is 1. The number of rotatable bonds is 6. The van der Waals surface area contributed by atoms with Crippen molar-refractivity contribution in [2.75, 3.05) is 18.1 Å². The molecule has 0 saturated heterocycles. The van der Waals surface area contributed by atoms with Crippen molar-refractivity contribution in [1.82, 2.24) is 10.3 Å². The van der Waals surface area contributed by atoms with Crippen molar-refractivity contribution in [3.63, 3.8) is 0 Å². The SMILES string of the molecule is O=C(O)CSCCNC(=O)c1ncccc1C(F)(F)F. The fraction of sp³-hybridized carbons (Fsp3) is 0.364. The Kier molecular flexibility index (Phi) is 5.81. The molecule has 1 aromatic heterocycles. The average Bonchev–Trinajstić information content (AvgIpc) is 2.36. The highest BCUT2D eigenvalue weighted by molar-refractivity contribution is 7.99. The minimum atomic E-state index is -4.65. The van der Waals surface area contributed by atoms with Gasteiger partial charge >= 0.3 is 12.1 Å². The molecule has 110 valence electrons. The van der Waals surface area contributed by atoms with Crippen molar-refractivity contribution in [3.05, 3.63) is 29.6 Å². The first-order valence-corrected chi connectivity index (χ1v) is 6.58. The Morgan fingerprint density at radius 1 is 1.40 bits per heavy atom. The van der Waals surface area contributed by atoms with E-state index in [0.29, 0.717) is 0 Å². The van der Waals surface area contributed by atoms with Crippen molar-refractivity contribution >= 4 is 23.6 Å². The van der Waals surface area contributed by atoms with E-state index < -0.39 is 29.3 Å². The molecule has 0 aliphatic carbocycles. The van der Waals surface area contributed by atoms with Gasteiger partial charge in [0, 0.05) is 18.5 Å². The van der Waals surface area contributed by atoms with Gasteiger partial charge in [0.25, 0.3) is 5.91 Å². The van der Waals surface area contributed by atoms with Crippen LogP contribution in [0.5, 0.6) is 0 Å². The van der Waals surface area contributed by atoms with E-state index in [1.807, 2.05) is 0 Å². The molecule has 0 saturated carbocycles. The lowest BCUT2D eigenvalue weighted by molar-refractivity contribution is -0.138. The molecule has 1 heterocycles. The monoisotopic (exact) mass is 308 g/mol. The van der Waals surface area contributed by atoms with Crippen molar-refractivity contribution in [3.8, 4) is 0 Å². The Balaban J connectivity index is 2.58. The maximum Gasteiger partial charge on any atom is 0.418 e. The number of carboxylic acids is 1. The zero-order valence-corrected chi connectivity index (χ0v) is 10.9. The summed E-state index contributed by atoms with van der Waals surface area (Å²) in [5.41, 5.74) is -1.79. The fourth-order valence-electron chi connectivity index (χ4n) is 1.29.